The molecule has 3 aromatic carbocycles. The lowest BCUT2D eigenvalue weighted by molar-refractivity contribution is -0.275. The maximum Gasteiger partial charge on any atom is 0.573 e. The van der Waals surface area contributed by atoms with Crippen LogP contribution in [0.15, 0.2) is 72.8 Å². The van der Waals surface area contributed by atoms with Crippen molar-refractivity contribution in [2.24, 2.45) is 5.92 Å². The minimum atomic E-state index is -4.89. The number of piperidine rings is 1. The van der Waals surface area contributed by atoms with Crippen LogP contribution in [0.2, 0.25) is 0 Å². The highest BCUT2D eigenvalue weighted by Crippen LogP contribution is 2.43. The summed E-state index contributed by atoms with van der Waals surface area (Å²) in [5.74, 6) is -0.729. The Labute approximate surface area is 250 Å². The highest BCUT2D eigenvalue weighted by atomic mass is 19.4. The van der Waals surface area contributed by atoms with Gasteiger partial charge < -0.3 is 29.2 Å². The number of likely N-dealkylation sites (tertiary alicyclic amines) is 1. The van der Waals surface area contributed by atoms with Crippen molar-refractivity contribution >= 4 is 0 Å². The summed E-state index contributed by atoms with van der Waals surface area (Å²) < 4.78 is 94.6. The van der Waals surface area contributed by atoms with Gasteiger partial charge in [0.25, 0.3) is 0 Å². The van der Waals surface area contributed by atoms with Crippen LogP contribution in [0.1, 0.15) is 29.5 Å². The number of methoxy groups -OCH3 is 1. The second-order valence-electron chi connectivity index (χ2n) is 10.5. The summed E-state index contributed by atoms with van der Waals surface area (Å²) in [6.07, 6.45) is -9.53. The third-order valence-electron chi connectivity index (χ3n) is 7.37. The van der Waals surface area contributed by atoms with Crippen LogP contribution in [-0.2, 0) is 16.9 Å². The maximum absolute atomic E-state index is 12.7. The van der Waals surface area contributed by atoms with Gasteiger partial charge in [0.15, 0.2) is 0 Å². The Bertz CT molecular complexity index is 1250. The molecule has 13 heteroatoms. The predicted octanol–water partition coefficient (Wildman–Crippen LogP) is 6.02. The number of aliphatic hydroxyl groups is 2. The van der Waals surface area contributed by atoms with Crippen molar-refractivity contribution in [3.05, 3.63) is 89.5 Å². The Morgan fingerprint density at radius 2 is 1.18 bits per heavy atom. The lowest BCUT2D eigenvalue weighted by atomic mass is 9.72. The van der Waals surface area contributed by atoms with Crippen LogP contribution in [-0.4, -0.2) is 67.4 Å². The van der Waals surface area contributed by atoms with E-state index in [-0.39, 0.29) is 24.3 Å². The molecule has 4 rings (SSSR count). The molecule has 0 amide bonds. The van der Waals surface area contributed by atoms with Gasteiger partial charge in [-0.25, -0.2) is 0 Å². The van der Waals surface area contributed by atoms with Crippen LogP contribution in [0.4, 0.5) is 26.3 Å². The fourth-order valence-electron chi connectivity index (χ4n) is 5.35. The fraction of sp³-hybridized carbons (Fsp3) is 0.419. The molecule has 44 heavy (non-hydrogen) atoms. The smallest absolute Gasteiger partial charge is 0.491 e. The van der Waals surface area contributed by atoms with Crippen LogP contribution >= 0.6 is 0 Å². The van der Waals surface area contributed by atoms with Crippen LogP contribution in [0.3, 0.4) is 0 Å². The van der Waals surface area contributed by atoms with Gasteiger partial charge in [0, 0.05) is 13.7 Å². The summed E-state index contributed by atoms with van der Waals surface area (Å²) in [4.78, 5) is 2.19. The van der Waals surface area contributed by atoms with Gasteiger partial charge in [0.05, 0.1) is 6.61 Å². The number of alkyl halides is 6. The zero-order valence-corrected chi connectivity index (χ0v) is 23.8. The van der Waals surface area contributed by atoms with Crippen LogP contribution in [0.5, 0.6) is 17.2 Å². The molecule has 1 unspecified atom stereocenters. The van der Waals surface area contributed by atoms with E-state index in [1.807, 2.05) is 12.1 Å². The molecule has 1 saturated heterocycles. The fourth-order valence-corrected chi connectivity index (χ4v) is 5.35. The van der Waals surface area contributed by atoms with Crippen LogP contribution in [0.25, 0.3) is 0 Å². The second-order valence-corrected chi connectivity index (χ2v) is 10.5. The molecule has 1 aliphatic heterocycles. The van der Waals surface area contributed by atoms with Crippen molar-refractivity contribution in [2.45, 2.75) is 43.8 Å². The molecule has 0 aliphatic carbocycles. The molecule has 240 valence electrons. The van der Waals surface area contributed by atoms with Gasteiger partial charge in [-0.3, -0.25) is 4.90 Å². The Hall–Kier alpha value is -3.52. The molecule has 1 atom stereocenters. The van der Waals surface area contributed by atoms with Gasteiger partial charge in [-0.15, -0.1) is 26.3 Å². The number of benzene rings is 3. The minimum absolute atomic E-state index is 0.0970. The molecule has 0 radical (unpaired) electrons. The predicted molar refractivity (Wildman–Crippen MR) is 147 cm³/mol. The van der Waals surface area contributed by atoms with E-state index in [9.17, 15) is 36.6 Å². The van der Waals surface area contributed by atoms with Crippen LogP contribution < -0.4 is 14.2 Å². The third kappa shape index (κ3) is 9.24. The number of hydrogen-bond acceptors (Lipinski definition) is 7. The maximum atomic E-state index is 12.7. The number of rotatable bonds is 12. The normalized spacial score (nSPS) is 16.0. The number of ether oxygens (including phenoxy) is 4. The summed E-state index contributed by atoms with van der Waals surface area (Å²) in [5, 5.41) is 21.9. The van der Waals surface area contributed by atoms with Crippen molar-refractivity contribution in [1.29, 1.82) is 0 Å². The first-order chi connectivity index (χ1) is 20.7. The van der Waals surface area contributed by atoms with Crippen LogP contribution in [0, 0.1) is 5.92 Å². The average Bonchev–Trinajstić information content (AvgIpc) is 2.96. The summed E-state index contributed by atoms with van der Waals surface area (Å²) in [6, 6.07) is 17.1. The highest BCUT2D eigenvalue weighted by Gasteiger charge is 2.42. The molecule has 0 aromatic heterocycles. The van der Waals surface area contributed by atoms with Gasteiger partial charge >= 0.3 is 12.7 Å². The third-order valence-corrected chi connectivity index (χ3v) is 7.37. The molecule has 2 N–H and O–H groups in total. The van der Waals surface area contributed by atoms with E-state index in [0.717, 1.165) is 29.8 Å². The van der Waals surface area contributed by atoms with Gasteiger partial charge in [0.2, 0.25) is 0 Å². The second kappa shape index (κ2) is 14.1. The topological polar surface area (TPSA) is 80.6 Å². The number of aliphatic hydroxyl groups excluding tert-OH is 1. The molecular weight excluding hydrogens is 596 g/mol. The zero-order chi connectivity index (χ0) is 32.0. The molecule has 0 bridgehead atoms. The summed E-state index contributed by atoms with van der Waals surface area (Å²) in [5.41, 5.74) is -0.141. The van der Waals surface area contributed by atoms with Gasteiger partial charge in [-0.05, 0) is 84.9 Å². The van der Waals surface area contributed by atoms with Gasteiger partial charge in [-0.1, -0.05) is 36.4 Å². The summed E-state index contributed by atoms with van der Waals surface area (Å²) in [6.45, 7) is 2.04. The van der Waals surface area contributed by atoms with E-state index >= 15 is 0 Å². The average molecular weight is 630 g/mol. The SMILES string of the molecule is COCC(O)COc1ccc(CN2CCC(C(O)(c3ccc(OC(F)(F)F)cc3)c3ccc(OC(F)(F)F)cc3)CC2)cc1. The number of nitrogens with zero attached hydrogens (tertiary/aromatic N) is 1. The van der Waals surface area contributed by atoms with Crippen molar-refractivity contribution < 1.29 is 55.5 Å². The number of halogens is 6. The lowest BCUT2D eigenvalue weighted by Gasteiger charge is -2.42. The lowest BCUT2D eigenvalue weighted by Crippen LogP contribution is -2.44. The highest BCUT2D eigenvalue weighted by molar-refractivity contribution is 5.42. The Morgan fingerprint density at radius 1 is 0.727 bits per heavy atom. The molecule has 1 heterocycles. The van der Waals surface area contributed by atoms with E-state index in [2.05, 4.69) is 14.4 Å². The van der Waals surface area contributed by atoms with Crippen molar-refractivity contribution in [1.82, 2.24) is 4.90 Å². The van der Waals surface area contributed by atoms with E-state index in [0.29, 0.717) is 38.2 Å². The molecule has 1 fully saturated rings. The zero-order valence-electron chi connectivity index (χ0n) is 23.8. The first kappa shape index (κ1) is 33.4. The molecule has 1 aliphatic rings. The molecule has 3 aromatic rings. The molecule has 0 spiro atoms. The Morgan fingerprint density at radius 3 is 1.61 bits per heavy atom. The summed E-state index contributed by atoms with van der Waals surface area (Å²) in [7, 11) is 1.49. The summed E-state index contributed by atoms with van der Waals surface area (Å²) >= 11 is 0. The van der Waals surface area contributed by atoms with E-state index < -0.39 is 41.8 Å². The number of hydrogen-bond donors (Lipinski definition) is 2. The van der Waals surface area contributed by atoms with E-state index in [4.69, 9.17) is 9.47 Å². The largest absolute Gasteiger partial charge is 0.573 e. The first-order valence-electron chi connectivity index (χ1n) is 13.8. The standard InChI is InChI=1S/C31H33F6NO6/c1-41-19-25(39)20-42-26-8-2-21(3-9-26)18-38-16-14-24(15-17-38)29(40,22-4-10-27(11-5-22)43-30(32,33)34)23-6-12-28(13-7-23)44-31(35,36)37/h2-13,24-25,39-40H,14-20H2,1H3. The molecule has 0 saturated carbocycles. The Balaban J connectivity index is 1.47. The van der Waals surface area contributed by atoms with Crippen molar-refractivity contribution in [3.63, 3.8) is 0 Å². The molecular formula is C31H33F6NO6. The van der Waals surface area contributed by atoms with Gasteiger partial charge in [0.1, 0.15) is 35.6 Å². The molecule has 7 nitrogen and oxygen atoms in total. The monoisotopic (exact) mass is 629 g/mol. The van der Waals surface area contributed by atoms with Crippen molar-refractivity contribution in [3.8, 4) is 17.2 Å². The van der Waals surface area contributed by atoms with Gasteiger partial charge in [-0.2, -0.15) is 0 Å². The Kier molecular flexibility index (Phi) is 10.7. The van der Waals surface area contributed by atoms with E-state index in [1.165, 1.54) is 31.4 Å². The van der Waals surface area contributed by atoms with Crippen molar-refractivity contribution in [2.75, 3.05) is 33.4 Å². The quantitative estimate of drug-likeness (QED) is 0.237. The first-order valence-corrected chi connectivity index (χ1v) is 13.8. The van der Waals surface area contributed by atoms with E-state index in [1.54, 1.807) is 12.1 Å². The minimum Gasteiger partial charge on any atom is -0.491 e.